The Labute approximate surface area is 124 Å². The molecule has 1 aliphatic rings. The van der Waals surface area contributed by atoms with Crippen LogP contribution in [0.1, 0.15) is 18.5 Å². The van der Waals surface area contributed by atoms with Crippen molar-refractivity contribution in [2.75, 3.05) is 19.6 Å². The predicted octanol–water partition coefficient (Wildman–Crippen LogP) is 1.13. The summed E-state index contributed by atoms with van der Waals surface area (Å²) in [4.78, 5) is 27.7. The molecular weight excluding hydrogens is 303 g/mol. The Bertz CT molecular complexity index is 508. The van der Waals surface area contributed by atoms with Crippen LogP contribution < -0.4 is 5.32 Å². The lowest BCUT2D eigenvalue weighted by Crippen LogP contribution is -2.47. The first-order valence-corrected chi connectivity index (χ1v) is 6.89. The van der Waals surface area contributed by atoms with E-state index in [1.165, 1.54) is 12.7 Å². The number of likely N-dealkylation sites (tertiary alicyclic amines) is 1. The monoisotopic (exact) mass is 319 g/mol. The first-order valence-electron chi connectivity index (χ1n) is 6.89. The average Bonchev–Trinajstić information content (AvgIpc) is 2.99. The van der Waals surface area contributed by atoms with Gasteiger partial charge in [0.15, 0.2) is 6.39 Å². The predicted molar refractivity (Wildman–Crippen MR) is 68.6 cm³/mol. The zero-order valence-electron chi connectivity index (χ0n) is 11.7. The Morgan fingerprint density at radius 2 is 2.05 bits per heavy atom. The van der Waals surface area contributed by atoms with Crippen molar-refractivity contribution in [3.63, 3.8) is 0 Å². The standard InChI is InChI=1S/C13H16F3N3O3/c14-13(15,16)12(21)19-5-2-9(3-6-19)11(20)17-4-1-10-7-22-8-18-10/h7-9H,1-6H2,(H,17,20). The SMILES string of the molecule is O=C(NCCc1cocn1)C1CCN(C(=O)C(F)(F)F)CC1. The molecule has 1 saturated heterocycles. The van der Waals surface area contributed by atoms with Crippen LogP contribution in [0.5, 0.6) is 0 Å². The summed E-state index contributed by atoms with van der Waals surface area (Å²) in [7, 11) is 0. The summed E-state index contributed by atoms with van der Waals surface area (Å²) in [6.07, 6.45) is -1.09. The van der Waals surface area contributed by atoms with Crippen LogP contribution in [0.2, 0.25) is 0 Å². The number of halogens is 3. The first-order chi connectivity index (χ1) is 10.4. The molecule has 1 aromatic rings. The lowest BCUT2D eigenvalue weighted by Gasteiger charge is -2.31. The number of hydrogen-bond donors (Lipinski definition) is 1. The topological polar surface area (TPSA) is 75.4 Å². The van der Waals surface area contributed by atoms with Gasteiger partial charge in [0, 0.05) is 32.0 Å². The summed E-state index contributed by atoms with van der Waals surface area (Å²) >= 11 is 0. The van der Waals surface area contributed by atoms with Gasteiger partial charge in [-0.05, 0) is 12.8 Å². The van der Waals surface area contributed by atoms with Gasteiger partial charge >= 0.3 is 12.1 Å². The van der Waals surface area contributed by atoms with E-state index in [-0.39, 0.29) is 37.8 Å². The highest BCUT2D eigenvalue weighted by atomic mass is 19.4. The Morgan fingerprint density at radius 3 is 2.59 bits per heavy atom. The fourth-order valence-corrected chi connectivity index (χ4v) is 2.34. The van der Waals surface area contributed by atoms with Gasteiger partial charge in [-0.3, -0.25) is 9.59 Å². The highest BCUT2D eigenvalue weighted by molar-refractivity contribution is 5.83. The van der Waals surface area contributed by atoms with E-state index in [9.17, 15) is 22.8 Å². The number of amides is 2. The highest BCUT2D eigenvalue weighted by Crippen LogP contribution is 2.23. The van der Waals surface area contributed by atoms with E-state index in [0.717, 1.165) is 4.90 Å². The quantitative estimate of drug-likeness (QED) is 0.903. The van der Waals surface area contributed by atoms with Crippen molar-refractivity contribution < 1.29 is 27.2 Å². The molecule has 1 aromatic heterocycles. The van der Waals surface area contributed by atoms with E-state index in [4.69, 9.17) is 4.42 Å². The summed E-state index contributed by atoms with van der Waals surface area (Å²) < 4.78 is 41.7. The van der Waals surface area contributed by atoms with Gasteiger partial charge in [-0.2, -0.15) is 13.2 Å². The lowest BCUT2D eigenvalue weighted by molar-refractivity contribution is -0.186. The number of nitrogens with one attached hydrogen (secondary N) is 1. The van der Waals surface area contributed by atoms with Crippen molar-refractivity contribution in [1.82, 2.24) is 15.2 Å². The van der Waals surface area contributed by atoms with Gasteiger partial charge in [-0.15, -0.1) is 0 Å². The molecule has 0 unspecified atom stereocenters. The molecule has 1 fully saturated rings. The second-order valence-electron chi connectivity index (χ2n) is 5.09. The van der Waals surface area contributed by atoms with Crippen LogP contribution in [0, 0.1) is 5.92 Å². The molecule has 0 bridgehead atoms. The van der Waals surface area contributed by atoms with Gasteiger partial charge in [0.1, 0.15) is 6.26 Å². The maximum absolute atomic E-state index is 12.3. The van der Waals surface area contributed by atoms with E-state index >= 15 is 0 Å². The van der Waals surface area contributed by atoms with Gasteiger partial charge < -0.3 is 14.6 Å². The molecular formula is C13H16F3N3O3. The number of piperidine rings is 1. The van der Waals surface area contributed by atoms with Crippen molar-refractivity contribution in [3.05, 3.63) is 18.4 Å². The number of alkyl halides is 3. The van der Waals surface area contributed by atoms with Crippen LogP contribution in [-0.2, 0) is 16.0 Å². The van der Waals surface area contributed by atoms with Gasteiger partial charge in [-0.25, -0.2) is 4.98 Å². The summed E-state index contributed by atoms with van der Waals surface area (Å²) in [6.45, 7) is 0.270. The largest absolute Gasteiger partial charge is 0.471 e. The molecule has 1 aliphatic heterocycles. The van der Waals surface area contributed by atoms with Crippen LogP contribution >= 0.6 is 0 Å². The number of hydrogen-bond acceptors (Lipinski definition) is 4. The summed E-state index contributed by atoms with van der Waals surface area (Å²) in [5.41, 5.74) is 0.714. The minimum Gasteiger partial charge on any atom is -0.451 e. The maximum Gasteiger partial charge on any atom is 0.471 e. The highest BCUT2D eigenvalue weighted by Gasteiger charge is 2.43. The summed E-state index contributed by atoms with van der Waals surface area (Å²) in [5, 5.41) is 2.72. The zero-order chi connectivity index (χ0) is 16.2. The molecule has 2 rings (SSSR count). The van der Waals surface area contributed by atoms with Crippen LogP contribution in [0.15, 0.2) is 17.1 Å². The fraction of sp³-hybridized carbons (Fsp3) is 0.615. The number of oxazole rings is 1. The molecule has 0 aromatic carbocycles. The number of aromatic nitrogens is 1. The molecule has 1 N–H and O–H groups in total. The Morgan fingerprint density at radius 1 is 1.36 bits per heavy atom. The van der Waals surface area contributed by atoms with Gasteiger partial charge in [0.05, 0.1) is 5.69 Å². The van der Waals surface area contributed by atoms with E-state index in [1.54, 1.807) is 0 Å². The number of carbonyl (C=O) groups excluding carboxylic acids is 2. The van der Waals surface area contributed by atoms with Crippen molar-refractivity contribution in [2.24, 2.45) is 5.92 Å². The van der Waals surface area contributed by atoms with Crippen molar-refractivity contribution >= 4 is 11.8 Å². The normalized spacial score (nSPS) is 16.6. The minimum absolute atomic E-state index is 0.0558. The first kappa shape index (κ1) is 16.3. The van der Waals surface area contributed by atoms with Crippen LogP contribution in [0.25, 0.3) is 0 Å². The third-order valence-corrected chi connectivity index (χ3v) is 3.56. The summed E-state index contributed by atoms with van der Waals surface area (Å²) in [6, 6.07) is 0. The molecule has 0 atom stereocenters. The second-order valence-corrected chi connectivity index (χ2v) is 5.09. The number of carbonyl (C=O) groups is 2. The average molecular weight is 319 g/mol. The summed E-state index contributed by atoms with van der Waals surface area (Å²) in [5.74, 6) is -2.41. The molecule has 22 heavy (non-hydrogen) atoms. The molecule has 122 valence electrons. The molecule has 0 radical (unpaired) electrons. The third-order valence-electron chi connectivity index (χ3n) is 3.56. The molecule has 6 nitrogen and oxygen atoms in total. The Balaban J connectivity index is 1.72. The lowest BCUT2D eigenvalue weighted by atomic mass is 9.96. The van der Waals surface area contributed by atoms with E-state index in [1.807, 2.05) is 0 Å². The van der Waals surface area contributed by atoms with Gasteiger partial charge in [0.2, 0.25) is 5.91 Å². The maximum atomic E-state index is 12.3. The molecule has 0 saturated carbocycles. The third kappa shape index (κ3) is 4.22. The second kappa shape index (κ2) is 6.80. The van der Waals surface area contributed by atoms with Crippen molar-refractivity contribution in [1.29, 1.82) is 0 Å². The zero-order valence-corrected chi connectivity index (χ0v) is 11.7. The number of rotatable bonds is 4. The Kier molecular flexibility index (Phi) is 5.04. The van der Waals surface area contributed by atoms with Crippen LogP contribution in [0.4, 0.5) is 13.2 Å². The molecule has 2 amide bonds. The number of nitrogens with zero attached hydrogens (tertiary/aromatic N) is 2. The minimum atomic E-state index is -4.85. The van der Waals surface area contributed by atoms with Gasteiger partial charge in [-0.1, -0.05) is 0 Å². The molecule has 2 heterocycles. The smallest absolute Gasteiger partial charge is 0.451 e. The van der Waals surface area contributed by atoms with E-state index < -0.39 is 12.1 Å². The molecule has 0 spiro atoms. The van der Waals surface area contributed by atoms with Crippen LogP contribution in [0.3, 0.4) is 0 Å². The fourth-order valence-electron chi connectivity index (χ4n) is 2.34. The van der Waals surface area contributed by atoms with Crippen molar-refractivity contribution in [3.8, 4) is 0 Å². The van der Waals surface area contributed by atoms with Crippen LogP contribution in [-0.4, -0.2) is 47.5 Å². The van der Waals surface area contributed by atoms with E-state index in [2.05, 4.69) is 10.3 Å². The molecule has 0 aliphatic carbocycles. The van der Waals surface area contributed by atoms with E-state index in [0.29, 0.717) is 18.7 Å². The molecule has 9 heteroatoms. The Hall–Kier alpha value is -2.06. The van der Waals surface area contributed by atoms with Gasteiger partial charge in [0.25, 0.3) is 0 Å². The van der Waals surface area contributed by atoms with Crippen molar-refractivity contribution in [2.45, 2.75) is 25.4 Å².